The van der Waals surface area contributed by atoms with E-state index in [9.17, 15) is 4.79 Å². The molecular formula is C12H18N6OS. The number of nitrogen functional groups attached to an aromatic ring is 1. The summed E-state index contributed by atoms with van der Waals surface area (Å²) in [7, 11) is 1.83. The van der Waals surface area contributed by atoms with E-state index in [0.29, 0.717) is 16.6 Å². The number of anilines is 2. The first kappa shape index (κ1) is 14.3. The van der Waals surface area contributed by atoms with Crippen LogP contribution in [-0.4, -0.2) is 26.7 Å². The highest BCUT2D eigenvalue weighted by Crippen LogP contribution is 2.25. The summed E-state index contributed by atoms with van der Waals surface area (Å²) < 4.78 is 1.69. The first-order valence-electron chi connectivity index (χ1n) is 6.25. The lowest BCUT2D eigenvalue weighted by Gasteiger charge is -2.04. The van der Waals surface area contributed by atoms with E-state index in [2.05, 4.69) is 20.7 Å². The Morgan fingerprint density at radius 3 is 2.90 bits per heavy atom. The number of nitrogens with one attached hydrogen (secondary N) is 2. The summed E-state index contributed by atoms with van der Waals surface area (Å²) in [5.41, 5.74) is 6.57. The zero-order valence-electron chi connectivity index (χ0n) is 11.7. The van der Waals surface area contributed by atoms with Crippen molar-refractivity contribution in [3.8, 4) is 0 Å². The molecule has 0 unspecified atom stereocenters. The van der Waals surface area contributed by atoms with Crippen molar-refractivity contribution in [2.45, 2.75) is 26.4 Å². The maximum absolute atomic E-state index is 12.1. The zero-order valence-corrected chi connectivity index (χ0v) is 12.5. The number of hydrogen-bond acceptors (Lipinski definition) is 6. The highest BCUT2D eigenvalue weighted by Gasteiger charge is 2.16. The number of thiazole rings is 1. The summed E-state index contributed by atoms with van der Waals surface area (Å²) in [6, 6.07) is 2.09. The fourth-order valence-corrected chi connectivity index (χ4v) is 2.56. The fraction of sp³-hybridized carbons (Fsp3) is 0.417. The summed E-state index contributed by atoms with van der Waals surface area (Å²) in [5, 5.41) is 10.8. The maximum atomic E-state index is 12.1. The number of carbonyl (C=O) groups excluding carboxylic acids is 1. The minimum absolute atomic E-state index is 0.234. The second kappa shape index (κ2) is 5.91. The van der Waals surface area contributed by atoms with Gasteiger partial charge >= 0.3 is 0 Å². The van der Waals surface area contributed by atoms with Crippen molar-refractivity contribution in [3.63, 3.8) is 0 Å². The Morgan fingerprint density at radius 2 is 2.30 bits per heavy atom. The van der Waals surface area contributed by atoms with Crippen molar-refractivity contribution < 1.29 is 4.79 Å². The molecule has 0 aromatic carbocycles. The molecule has 0 aliphatic rings. The van der Waals surface area contributed by atoms with Crippen molar-refractivity contribution in [2.24, 2.45) is 7.05 Å². The Labute approximate surface area is 121 Å². The van der Waals surface area contributed by atoms with E-state index in [1.54, 1.807) is 4.68 Å². The molecule has 0 spiro atoms. The molecule has 20 heavy (non-hydrogen) atoms. The van der Waals surface area contributed by atoms with E-state index in [1.807, 2.05) is 33.2 Å². The number of nitrogens with two attached hydrogens (primary N) is 1. The second-order valence-electron chi connectivity index (χ2n) is 4.70. The number of aromatic nitrogens is 3. The van der Waals surface area contributed by atoms with Crippen LogP contribution in [-0.2, 0) is 13.6 Å². The predicted molar refractivity (Wildman–Crippen MR) is 79.7 cm³/mol. The van der Waals surface area contributed by atoms with Crippen LogP contribution in [0.3, 0.4) is 0 Å². The molecule has 108 valence electrons. The number of nitrogens with zero attached hydrogens (tertiary/aromatic N) is 3. The molecule has 2 heterocycles. The Hall–Kier alpha value is -2.09. The molecule has 4 N–H and O–H groups in total. The van der Waals surface area contributed by atoms with Crippen LogP contribution in [0, 0.1) is 0 Å². The molecule has 2 aromatic heterocycles. The number of carbonyl (C=O) groups is 1. The first-order chi connectivity index (χ1) is 9.45. The summed E-state index contributed by atoms with van der Waals surface area (Å²) in [4.78, 5) is 16.6. The molecule has 0 atom stereocenters. The van der Waals surface area contributed by atoms with E-state index in [0.717, 1.165) is 5.69 Å². The molecular weight excluding hydrogens is 276 g/mol. The number of hydrogen-bond donors (Lipinski definition) is 3. The lowest BCUT2D eigenvalue weighted by Crippen LogP contribution is -2.23. The average Bonchev–Trinajstić information content (AvgIpc) is 2.92. The SMILES string of the molecule is CC(C)Nc1nc(N)c(C(=O)NCc2ccn(C)n2)s1. The maximum Gasteiger partial charge on any atom is 0.265 e. The third-order valence-electron chi connectivity index (χ3n) is 2.47. The monoisotopic (exact) mass is 294 g/mol. The summed E-state index contributed by atoms with van der Waals surface area (Å²) in [6.07, 6.45) is 1.83. The quantitative estimate of drug-likeness (QED) is 0.770. The van der Waals surface area contributed by atoms with Gasteiger partial charge in [-0.1, -0.05) is 11.3 Å². The van der Waals surface area contributed by atoms with Crippen molar-refractivity contribution in [3.05, 3.63) is 22.8 Å². The van der Waals surface area contributed by atoms with E-state index < -0.39 is 0 Å². The van der Waals surface area contributed by atoms with E-state index >= 15 is 0 Å². The molecule has 2 rings (SSSR count). The number of rotatable bonds is 5. The lowest BCUT2D eigenvalue weighted by molar-refractivity contribution is 0.0955. The van der Waals surface area contributed by atoms with Crippen LogP contribution in [0.4, 0.5) is 10.9 Å². The largest absolute Gasteiger partial charge is 0.382 e. The molecule has 0 bridgehead atoms. The van der Waals surface area contributed by atoms with Gasteiger partial charge in [0.25, 0.3) is 5.91 Å². The van der Waals surface area contributed by atoms with Crippen LogP contribution < -0.4 is 16.4 Å². The molecule has 1 amide bonds. The van der Waals surface area contributed by atoms with Crippen LogP contribution >= 0.6 is 11.3 Å². The van der Waals surface area contributed by atoms with Gasteiger partial charge in [-0.2, -0.15) is 5.10 Å². The van der Waals surface area contributed by atoms with Crippen LogP contribution in [0.2, 0.25) is 0 Å². The van der Waals surface area contributed by atoms with Crippen molar-refractivity contribution in [2.75, 3.05) is 11.1 Å². The molecule has 2 aromatic rings. The minimum Gasteiger partial charge on any atom is -0.382 e. The minimum atomic E-state index is -0.234. The third kappa shape index (κ3) is 3.47. The van der Waals surface area contributed by atoms with E-state index in [4.69, 9.17) is 5.73 Å². The second-order valence-corrected chi connectivity index (χ2v) is 5.69. The number of aryl methyl sites for hydroxylation is 1. The van der Waals surface area contributed by atoms with Gasteiger partial charge in [0.1, 0.15) is 10.7 Å². The summed E-state index contributed by atoms with van der Waals surface area (Å²) in [5.74, 6) is 0.0131. The van der Waals surface area contributed by atoms with Crippen LogP contribution in [0.5, 0.6) is 0 Å². The molecule has 0 aliphatic carbocycles. The fourth-order valence-electron chi connectivity index (χ4n) is 1.61. The van der Waals surface area contributed by atoms with Crippen LogP contribution in [0.25, 0.3) is 0 Å². The smallest absolute Gasteiger partial charge is 0.265 e. The van der Waals surface area contributed by atoms with Crippen LogP contribution in [0.1, 0.15) is 29.2 Å². The highest BCUT2D eigenvalue weighted by atomic mass is 32.1. The standard InChI is InChI=1S/C12H18N6OS/c1-7(2)15-12-16-10(13)9(20-12)11(19)14-6-8-4-5-18(3)17-8/h4-5,7H,6,13H2,1-3H3,(H,14,19)(H,15,16). The lowest BCUT2D eigenvalue weighted by atomic mass is 10.4. The van der Waals surface area contributed by atoms with Gasteiger partial charge in [-0.15, -0.1) is 0 Å². The van der Waals surface area contributed by atoms with Gasteiger partial charge < -0.3 is 16.4 Å². The molecule has 7 nitrogen and oxygen atoms in total. The molecule has 0 fully saturated rings. The van der Waals surface area contributed by atoms with E-state index in [-0.39, 0.29) is 17.8 Å². The highest BCUT2D eigenvalue weighted by molar-refractivity contribution is 7.18. The van der Waals surface area contributed by atoms with Crippen molar-refractivity contribution in [1.82, 2.24) is 20.1 Å². The summed E-state index contributed by atoms with van der Waals surface area (Å²) >= 11 is 1.25. The Bertz CT molecular complexity index is 603. The normalized spacial score (nSPS) is 10.8. The Kier molecular flexibility index (Phi) is 4.23. The van der Waals surface area contributed by atoms with E-state index in [1.165, 1.54) is 11.3 Å². The Balaban J connectivity index is 2.00. The molecule has 0 saturated heterocycles. The third-order valence-corrected chi connectivity index (χ3v) is 3.47. The molecule has 0 aliphatic heterocycles. The van der Waals surface area contributed by atoms with Gasteiger partial charge in [0.15, 0.2) is 5.13 Å². The average molecular weight is 294 g/mol. The van der Waals surface area contributed by atoms with Crippen molar-refractivity contribution in [1.29, 1.82) is 0 Å². The van der Waals surface area contributed by atoms with Crippen molar-refractivity contribution >= 4 is 28.2 Å². The van der Waals surface area contributed by atoms with Gasteiger partial charge in [-0.05, 0) is 19.9 Å². The first-order valence-corrected chi connectivity index (χ1v) is 7.07. The summed E-state index contributed by atoms with van der Waals surface area (Å²) in [6.45, 7) is 4.36. The van der Waals surface area contributed by atoms with Gasteiger partial charge in [-0.3, -0.25) is 9.48 Å². The van der Waals surface area contributed by atoms with Gasteiger partial charge in [0.2, 0.25) is 0 Å². The molecule has 0 saturated carbocycles. The predicted octanol–water partition coefficient (Wildman–Crippen LogP) is 1.21. The van der Waals surface area contributed by atoms with Gasteiger partial charge in [0.05, 0.1) is 12.2 Å². The zero-order chi connectivity index (χ0) is 14.7. The topological polar surface area (TPSA) is 97.9 Å². The van der Waals surface area contributed by atoms with Crippen LogP contribution in [0.15, 0.2) is 12.3 Å². The molecule has 0 radical (unpaired) electrons. The van der Waals surface area contributed by atoms with Gasteiger partial charge in [0, 0.05) is 19.3 Å². The molecule has 8 heteroatoms. The van der Waals surface area contributed by atoms with Gasteiger partial charge in [-0.25, -0.2) is 4.98 Å². The number of amides is 1. The Morgan fingerprint density at radius 1 is 1.55 bits per heavy atom.